The van der Waals surface area contributed by atoms with E-state index in [1.54, 1.807) is 6.07 Å². The summed E-state index contributed by atoms with van der Waals surface area (Å²) >= 11 is 0. The monoisotopic (exact) mass is 290 g/mol. The first-order valence-corrected chi connectivity index (χ1v) is 7.83. The molecule has 3 N–H and O–H groups in total. The Bertz CT molecular complexity index is 497. The molecule has 1 aliphatic rings. The lowest BCUT2D eigenvalue weighted by molar-refractivity contribution is 0.0706. The van der Waals surface area contributed by atoms with Gasteiger partial charge in [-0.05, 0) is 43.7 Å². The highest BCUT2D eigenvalue weighted by atomic mass is 16.2. The maximum Gasteiger partial charge on any atom is 0.254 e. The van der Waals surface area contributed by atoms with Crippen molar-refractivity contribution in [2.24, 2.45) is 11.8 Å². The molecule has 0 unspecified atom stereocenters. The quantitative estimate of drug-likeness (QED) is 0.624. The fraction of sp³-hybridized carbons (Fsp3) is 0.625. The normalized spacial score (nSPS) is 14.9. The predicted octanol–water partition coefficient (Wildman–Crippen LogP) is 2.75. The van der Waals surface area contributed by atoms with E-state index in [-0.39, 0.29) is 11.8 Å². The number of carbonyl (C=O) groups is 1. The molecule has 0 bridgehead atoms. The molecule has 0 saturated heterocycles. The Labute approximate surface area is 126 Å². The van der Waals surface area contributed by atoms with Crippen molar-refractivity contribution < 1.29 is 4.79 Å². The van der Waals surface area contributed by atoms with Crippen LogP contribution in [0.1, 0.15) is 62.0 Å². The molecule has 1 amide bonds. The number of aromatic nitrogens is 1. The van der Waals surface area contributed by atoms with Gasteiger partial charge in [-0.25, -0.2) is 10.8 Å². The van der Waals surface area contributed by atoms with E-state index in [0.717, 1.165) is 18.8 Å². The van der Waals surface area contributed by atoms with Gasteiger partial charge >= 0.3 is 0 Å². The molecule has 0 aliphatic heterocycles. The van der Waals surface area contributed by atoms with Crippen molar-refractivity contribution in [3.8, 4) is 0 Å². The molecule has 116 valence electrons. The average molecular weight is 290 g/mol. The lowest BCUT2D eigenvalue weighted by Gasteiger charge is -2.32. The van der Waals surface area contributed by atoms with Crippen molar-refractivity contribution in [3.05, 3.63) is 23.4 Å². The first-order valence-electron chi connectivity index (χ1n) is 7.83. The molecule has 1 aromatic heterocycles. The van der Waals surface area contributed by atoms with E-state index in [9.17, 15) is 4.79 Å². The van der Waals surface area contributed by atoms with Gasteiger partial charge in [-0.3, -0.25) is 4.79 Å². The zero-order valence-corrected chi connectivity index (χ0v) is 13.2. The zero-order chi connectivity index (χ0) is 15.4. The fourth-order valence-corrected chi connectivity index (χ4v) is 2.57. The Morgan fingerprint density at radius 2 is 2.19 bits per heavy atom. The lowest BCUT2D eigenvalue weighted by Crippen LogP contribution is -2.37. The third-order valence-electron chi connectivity index (χ3n) is 4.20. The average Bonchev–Trinajstić information content (AvgIpc) is 2.45. The minimum absolute atomic E-state index is 0.0743. The van der Waals surface area contributed by atoms with Crippen LogP contribution in [0.3, 0.4) is 0 Å². The van der Waals surface area contributed by atoms with Crippen molar-refractivity contribution in [2.75, 3.05) is 18.5 Å². The largest absolute Gasteiger partial charge is 0.339 e. The Morgan fingerprint density at radius 1 is 1.48 bits per heavy atom. The van der Waals surface area contributed by atoms with Gasteiger partial charge < -0.3 is 10.3 Å². The van der Waals surface area contributed by atoms with Gasteiger partial charge in [-0.15, -0.1) is 0 Å². The molecule has 1 saturated carbocycles. The summed E-state index contributed by atoms with van der Waals surface area (Å²) in [7, 11) is 0. The van der Waals surface area contributed by atoms with Crippen LogP contribution in [0.15, 0.2) is 12.1 Å². The molecule has 2 rings (SSSR count). The van der Waals surface area contributed by atoms with E-state index in [0.29, 0.717) is 17.3 Å². The Morgan fingerprint density at radius 3 is 2.67 bits per heavy atom. The third kappa shape index (κ3) is 3.73. The highest BCUT2D eigenvalue weighted by Crippen LogP contribution is 2.28. The van der Waals surface area contributed by atoms with Gasteiger partial charge in [0.2, 0.25) is 0 Å². The van der Waals surface area contributed by atoms with Crippen LogP contribution in [0.25, 0.3) is 0 Å². The maximum absolute atomic E-state index is 12.7. The summed E-state index contributed by atoms with van der Waals surface area (Å²) in [6, 6.07) is 3.62. The number of nitrogens with one attached hydrogen (secondary N) is 1. The Kier molecular flexibility index (Phi) is 5.17. The van der Waals surface area contributed by atoms with Gasteiger partial charge in [-0.2, -0.15) is 0 Å². The first kappa shape index (κ1) is 15.8. The summed E-state index contributed by atoms with van der Waals surface area (Å²) in [5.74, 6) is 7.02. The Balaban J connectivity index is 2.21. The molecule has 0 atom stereocenters. The smallest absolute Gasteiger partial charge is 0.254 e. The van der Waals surface area contributed by atoms with Crippen LogP contribution in [0.4, 0.5) is 5.82 Å². The maximum atomic E-state index is 12.7. The van der Waals surface area contributed by atoms with Crippen LogP contribution in [0.5, 0.6) is 0 Å². The van der Waals surface area contributed by atoms with Crippen LogP contribution in [-0.4, -0.2) is 28.9 Å². The van der Waals surface area contributed by atoms with Crippen LogP contribution >= 0.6 is 0 Å². The van der Waals surface area contributed by atoms with E-state index < -0.39 is 0 Å². The fourth-order valence-electron chi connectivity index (χ4n) is 2.57. The second-order valence-electron chi connectivity index (χ2n) is 6.11. The first-order chi connectivity index (χ1) is 10.0. The number of hydrogen-bond acceptors (Lipinski definition) is 4. The summed E-state index contributed by atoms with van der Waals surface area (Å²) in [6.45, 7) is 7.75. The summed E-state index contributed by atoms with van der Waals surface area (Å²) in [4.78, 5) is 19.1. The molecule has 1 aromatic rings. The number of nitrogen functional groups attached to an aromatic ring is 1. The predicted molar refractivity (Wildman–Crippen MR) is 85.1 cm³/mol. The number of hydrogen-bond donors (Lipinski definition) is 2. The highest BCUT2D eigenvalue weighted by Gasteiger charge is 2.24. The van der Waals surface area contributed by atoms with Gasteiger partial charge in [-0.1, -0.05) is 20.3 Å². The molecule has 1 heterocycles. The second-order valence-corrected chi connectivity index (χ2v) is 6.11. The van der Waals surface area contributed by atoms with Gasteiger partial charge in [0.1, 0.15) is 5.82 Å². The third-order valence-corrected chi connectivity index (χ3v) is 4.20. The van der Waals surface area contributed by atoms with Crippen molar-refractivity contribution in [1.29, 1.82) is 0 Å². The topological polar surface area (TPSA) is 71.2 Å². The molecule has 0 aromatic carbocycles. The van der Waals surface area contributed by atoms with Crippen molar-refractivity contribution in [1.82, 2.24) is 9.88 Å². The van der Waals surface area contributed by atoms with Crippen LogP contribution in [0.2, 0.25) is 0 Å². The van der Waals surface area contributed by atoms with Crippen LogP contribution in [0, 0.1) is 5.92 Å². The number of nitrogens with two attached hydrogens (primary N) is 1. The lowest BCUT2D eigenvalue weighted by atomic mass is 9.85. The van der Waals surface area contributed by atoms with E-state index in [1.165, 1.54) is 19.3 Å². The molecular weight excluding hydrogens is 264 g/mol. The SMILES string of the molecule is CCN(CC1CCC1)C(=O)c1cc(NN)nc(C(C)C)c1. The molecule has 5 heteroatoms. The van der Waals surface area contributed by atoms with Crippen LogP contribution < -0.4 is 11.3 Å². The second kappa shape index (κ2) is 6.89. The molecule has 0 spiro atoms. The zero-order valence-electron chi connectivity index (χ0n) is 13.2. The molecular formula is C16H26N4O. The van der Waals surface area contributed by atoms with Crippen molar-refractivity contribution in [3.63, 3.8) is 0 Å². The molecule has 1 fully saturated rings. The number of nitrogens with zero attached hydrogens (tertiary/aromatic N) is 2. The van der Waals surface area contributed by atoms with E-state index in [4.69, 9.17) is 5.84 Å². The van der Waals surface area contributed by atoms with Crippen LogP contribution in [-0.2, 0) is 0 Å². The Hall–Kier alpha value is -1.62. The number of amides is 1. The van der Waals surface area contributed by atoms with E-state index in [1.807, 2.05) is 17.9 Å². The van der Waals surface area contributed by atoms with Gasteiger partial charge in [0.05, 0.1) is 0 Å². The van der Waals surface area contributed by atoms with Gasteiger partial charge in [0, 0.05) is 24.3 Å². The summed E-state index contributed by atoms with van der Waals surface area (Å²) in [6.07, 6.45) is 3.78. The van der Waals surface area contributed by atoms with E-state index in [2.05, 4.69) is 24.3 Å². The molecule has 21 heavy (non-hydrogen) atoms. The molecule has 5 nitrogen and oxygen atoms in total. The minimum Gasteiger partial charge on any atom is -0.339 e. The highest BCUT2D eigenvalue weighted by molar-refractivity contribution is 5.95. The number of carbonyl (C=O) groups excluding carboxylic acids is 1. The number of anilines is 1. The standard InChI is InChI=1S/C16H26N4O/c1-4-20(10-12-6-5-7-12)16(21)13-8-14(11(2)3)18-15(9-13)19-17/h8-9,11-12H,4-7,10,17H2,1-3H3,(H,18,19). The molecule has 1 aliphatic carbocycles. The van der Waals surface area contributed by atoms with Gasteiger partial charge in [0.15, 0.2) is 0 Å². The van der Waals surface area contributed by atoms with Gasteiger partial charge in [0.25, 0.3) is 5.91 Å². The summed E-state index contributed by atoms with van der Waals surface area (Å²) < 4.78 is 0. The van der Waals surface area contributed by atoms with Crippen molar-refractivity contribution in [2.45, 2.75) is 46.0 Å². The minimum atomic E-state index is 0.0743. The molecule has 0 radical (unpaired) electrons. The number of rotatable bonds is 6. The van der Waals surface area contributed by atoms with E-state index >= 15 is 0 Å². The van der Waals surface area contributed by atoms with Crippen molar-refractivity contribution >= 4 is 11.7 Å². The summed E-state index contributed by atoms with van der Waals surface area (Å²) in [5, 5.41) is 0. The number of pyridine rings is 1. The number of hydrazine groups is 1. The summed E-state index contributed by atoms with van der Waals surface area (Å²) in [5.41, 5.74) is 4.11.